The second-order valence-corrected chi connectivity index (χ2v) is 8.99. The van der Waals surface area contributed by atoms with Crippen LogP contribution in [0.5, 0.6) is 5.75 Å². The number of hydrogen-bond donors (Lipinski definition) is 2. The lowest BCUT2D eigenvalue weighted by Crippen LogP contribution is -2.29. The highest BCUT2D eigenvalue weighted by atomic mass is 35.5. The molecular weight excluding hydrogens is 478 g/mol. The van der Waals surface area contributed by atoms with Crippen LogP contribution in [0.1, 0.15) is 34.8 Å². The lowest BCUT2D eigenvalue weighted by Gasteiger charge is -2.20. The average molecular weight is 506 g/mol. The van der Waals surface area contributed by atoms with E-state index in [1.165, 1.54) is 0 Å². The van der Waals surface area contributed by atoms with Crippen LogP contribution in [0.3, 0.4) is 0 Å². The van der Waals surface area contributed by atoms with E-state index >= 15 is 0 Å². The predicted octanol–water partition coefficient (Wildman–Crippen LogP) is 4.97. The van der Waals surface area contributed by atoms with Crippen molar-refractivity contribution in [2.75, 3.05) is 23.4 Å². The molecule has 2 N–H and O–H groups in total. The fraction of sp³-hybridized carbons (Fsp3) is 0.250. The molecule has 0 spiro atoms. The zero-order chi connectivity index (χ0) is 25.7. The number of rotatable bonds is 8. The number of carbonyl (C=O) groups is 3. The zero-order valence-corrected chi connectivity index (χ0v) is 21.0. The van der Waals surface area contributed by atoms with Crippen LogP contribution in [0, 0.1) is 12.8 Å². The Labute approximate surface area is 215 Å². The Morgan fingerprint density at radius 3 is 2.56 bits per heavy atom. The van der Waals surface area contributed by atoms with Crippen molar-refractivity contribution in [3.8, 4) is 5.75 Å². The first-order valence-corrected chi connectivity index (χ1v) is 12.2. The molecule has 0 aliphatic carbocycles. The SMILES string of the molecule is CCOc1ccc(CNC(=O)c2ccccc2NC(=O)[C@@H]2CC(=O)N(c3cccc(Cl)c3C)C2)cc1. The van der Waals surface area contributed by atoms with Crippen molar-refractivity contribution in [1.82, 2.24) is 5.32 Å². The quantitative estimate of drug-likeness (QED) is 0.452. The summed E-state index contributed by atoms with van der Waals surface area (Å²) in [6.07, 6.45) is 0.0872. The van der Waals surface area contributed by atoms with Crippen LogP contribution in [0.2, 0.25) is 5.02 Å². The van der Waals surface area contributed by atoms with Gasteiger partial charge in [0.25, 0.3) is 5.91 Å². The number of hydrogen-bond acceptors (Lipinski definition) is 4. The molecule has 186 valence electrons. The summed E-state index contributed by atoms with van der Waals surface area (Å²) < 4.78 is 5.44. The number of carbonyl (C=O) groups excluding carboxylic acids is 3. The second kappa shape index (κ2) is 11.3. The summed E-state index contributed by atoms with van der Waals surface area (Å²) in [6, 6.07) is 19.7. The molecule has 3 amide bonds. The number of anilines is 2. The number of ether oxygens (including phenoxy) is 1. The maximum atomic E-state index is 13.1. The number of benzene rings is 3. The first kappa shape index (κ1) is 25.3. The first-order valence-electron chi connectivity index (χ1n) is 11.8. The van der Waals surface area contributed by atoms with Gasteiger partial charge >= 0.3 is 0 Å². The number of halogens is 1. The molecule has 0 radical (unpaired) electrons. The minimum Gasteiger partial charge on any atom is -0.494 e. The Morgan fingerprint density at radius 2 is 1.81 bits per heavy atom. The molecule has 0 unspecified atom stereocenters. The summed E-state index contributed by atoms with van der Waals surface area (Å²) in [6.45, 7) is 4.94. The summed E-state index contributed by atoms with van der Waals surface area (Å²) in [5.74, 6) is -0.524. The molecule has 1 atom stereocenters. The number of para-hydroxylation sites is 1. The van der Waals surface area contributed by atoms with Crippen molar-refractivity contribution in [3.05, 3.63) is 88.4 Å². The molecule has 0 saturated carbocycles. The van der Waals surface area contributed by atoms with Crippen LogP contribution < -0.4 is 20.3 Å². The molecule has 1 aliphatic rings. The first-order chi connectivity index (χ1) is 17.4. The van der Waals surface area contributed by atoms with Gasteiger partial charge in [-0.15, -0.1) is 0 Å². The highest BCUT2D eigenvalue weighted by molar-refractivity contribution is 6.31. The summed E-state index contributed by atoms with van der Waals surface area (Å²) in [4.78, 5) is 40.3. The summed E-state index contributed by atoms with van der Waals surface area (Å²) >= 11 is 6.22. The minimum absolute atomic E-state index is 0.0872. The fourth-order valence-corrected chi connectivity index (χ4v) is 4.35. The summed E-state index contributed by atoms with van der Waals surface area (Å²) in [7, 11) is 0. The normalized spacial score (nSPS) is 15.0. The van der Waals surface area contributed by atoms with Gasteiger partial charge in [-0.3, -0.25) is 14.4 Å². The topological polar surface area (TPSA) is 87.7 Å². The van der Waals surface area contributed by atoms with Crippen LogP contribution >= 0.6 is 11.6 Å². The lowest BCUT2D eigenvalue weighted by atomic mass is 10.1. The van der Waals surface area contributed by atoms with Crippen molar-refractivity contribution >= 4 is 40.7 Å². The third-order valence-electron chi connectivity index (χ3n) is 6.14. The molecule has 4 rings (SSSR count). The molecule has 3 aromatic carbocycles. The van der Waals surface area contributed by atoms with E-state index < -0.39 is 5.92 Å². The monoisotopic (exact) mass is 505 g/mol. The van der Waals surface area contributed by atoms with Crippen molar-refractivity contribution in [2.45, 2.75) is 26.8 Å². The molecule has 8 heteroatoms. The van der Waals surface area contributed by atoms with E-state index in [0.717, 1.165) is 16.9 Å². The Morgan fingerprint density at radius 1 is 1.06 bits per heavy atom. The van der Waals surface area contributed by atoms with Gasteiger partial charge in [-0.2, -0.15) is 0 Å². The Hall–Kier alpha value is -3.84. The maximum absolute atomic E-state index is 13.1. The van der Waals surface area contributed by atoms with Crippen LogP contribution in [-0.4, -0.2) is 30.9 Å². The summed E-state index contributed by atoms with van der Waals surface area (Å²) in [5, 5.41) is 6.31. The van der Waals surface area contributed by atoms with Gasteiger partial charge in [-0.25, -0.2) is 0 Å². The third-order valence-corrected chi connectivity index (χ3v) is 6.55. The molecule has 0 bridgehead atoms. The van der Waals surface area contributed by atoms with E-state index in [4.69, 9.17) is 16.3 Å². The van der Waals surface area contributed by atoms with Gasteiger partial charge in [-0.1, -0.05) is 41.9 Å². The Kier molecular flexibility index (Phi) is 7.90. The van der Waals surface area contributed by atoms with Crippen LogP contribution in [0.4, 0.5) is 11.4 Å². The molecule has 1 fully saturated rings. The van der Waals surface area contributed by atoms with Crippen molar-refractivity contribution in [3.63, 3.8) is 0 Å². The van der Waals surface area contributed by atoms with E-state index in [-0.39, 0.29) is 30.7 Å². The molecule has 1 saturated heterocycles. The molecule has 1 aliphatic heterocycles. The zero-order valence-electron chi connectivity index (χ0n) is 20.2. The Balaban J connectivity index is 1.40. The van der Waals surface area contributed by atoms with E-state index in [1.807, 2.05) is 44.2 Å². The van der Waals surface area contributed by atoms with Crippen LogP contribution in [-0.2, 0) is 16.1 Å². The van der Waals surface area contributed by atoms with Gasteiger partial charge in [0, 0.05) is 30.2 Å². The molecule has 0 aromatic heterocycles. The summed E-state index contributed by atoms with van der Waals surface area (Å²) in [5.41, 5.74) is 3.18. The maximum Gasteiger partial charge on any atom is 0.253 e. The molecule has 1 heterocycles. The van der Waals surface area contributed by atoms with Crippen molar-refractivity contribution < 1.29 is 19.1 Å². The number of nitrogens with one attached hydrogen (secondary N) is 2. The van der Waals surface area contributed by atoms with E-state index in [9.17, 15) is 14.4 Å². The highest BCUT2D eigenvalue weighted by Crippen LogP contribution is 2.32. The van der Waals surface area contributed by atoms with Gasteiger partial charge < -0.3 is 20.3 Å². The van der Waals surface area contributed by atoms with Gasteiger partial charge in [0.1, 0.15) is 5.75 Å². The highest BCUT2D eigenvalue weighted by Gasteiger charge is 2.36. The molecule has 36 heavy (non-hydrogen) atoms. The van der Waals surface area contributed by atoms with Gasteiger partial charge in [0.15, 0.2) is 0 Å². The molecule has 3 aromatic rings. The molecule has 7 nitrogen and oxygen atoms in total. The lowest BCUT2D eigenvalue weighted by molar-refractivity contribution is -0.122. The standard InChI is InChI=1S/C28H28ClN3O4/c1-3-36-21-13-11-19(12-14-21)16-30-28(35)22-7-4-5-9-24(22)31-27(34)20-15-26(33)32(17-20)25-10-6-8-23(29)18(25)2/h4-14,20H,3,15-17H2,1-2H3,(H,30,35)(H,31,34)/t20-/m1/s1. The predicted molar refractivity (Wildman–Crippen MR) is 141 cm³/mol. The second-order valence-electron chi connectivity index (χ2n) is 8.58. The number of nitrogens with zero attached hydrogens (tertiary/aromatic N) is 1. The third kappa shape index (κ3) is 5.69. The van der Waals surface area contributed by atoms with Crippen LogP contribution in [0.15, 0.2) is 66.7 Å². The Bertz CT molecular complexity index is 1280. The largest absolute Gasteiger partial charge is 0.494 e. The van der Waals surface area contributed by atoms with E-state index in [0.29, 0.717) is 35.1 Å². The van der Waals surface area contributed by atoms with Crippen molar-refractivity contribution in [1.29, 1.82) is 0 Å². The molecular formula is C28H28ClN3O4. The van der Waals surface area contributed by atoms with Crippen molar-refractivity contribution in [2.24, 2.45) is 5.92 Å². The fourth-order valence-electron chi connectivity index (χ4n) is 4.18. The minimum atomic E-state index is -0.546. The van der Waals surface area contributed by atoms with E-state index in [2.05, 4.69) is 10.6 Å². The average Bonchev–Trinajstić information content (AvgIpc) is 3.27. The van der Waals surface area contributed by atoms with Gasteiger partial charge in [-0.05, 0) is 61.4 Å². The van der Waals surface area contributed by atoms with E-state index in [1.54, 1.807) is 41.3 Å². The van der Waals surface area contributed by atoms with Gasteiger partial charge in [0.2, 0.25) is 11.8 Å². The van der Waals surface area contributed by atoms with Crippen LogP contribution in [0.25, 0.3) is 0 Å². The smallest absolute Gasteiger partial charge is 0.253 e. The van der Waals surface area contributed by atoms with Gasteiger partial charge in [0.05, 0.1) is 23.8 Å². The number of amides is 3.